The molecule has 1 unspecified atom stereocenters. The van der Waals surface area contributed by atoms with Crippen LogP contribution in [0.4, 0.5) is 5.69 Å². The SMILES string of the molecule is Cc1cc(NC(=O)CC2CSc3nccc(=O)n32)ccc1Br. The van der Waals surface area contributed by atoms with E-state index in [0.29, 0.717) is 10.9 Å². The van der Waals surface area contributed by atoms with E-state index in [1.807, 2.05) is 25.1 Å². The maximum Gasteiger partial charge on any atom is 0.254 e. The lowest BCUT2D eigenvalue weighted by molar-refractivity contribution is -0.116. The van der Waals surface area contributed by atoms with Crippen molar-refractivity contribution in [3.8, 4) is 0 Å². The summed E-state index contributed by atoms with van der Waals surface area (Å²) in [5.74, 6) is 0.592. The quantitative estimate of drug-likeness (QED) is 0.832. The van der Waals surface area contributed by atoms with Crippen molar-refractivity contribution in [1.29, 1.82) is 0 Å². The molecule has 114 valence electrons. The summed E-state index contributed by atoms with van der Waals surface area (Å²) in [7, 11) is 0. The standard InChI is InChI=1S/C15H14BrN3O2S/c1-9-6-10(2-3-12(9)16)18-13(20)7-11-8-22-15-17-5-4-14(21)19(11)15/h2-6,11H,7-8H2,1H3,(H,18,20). The van der Waals surface area contributed by atoms with Crippen molar-refractivity contribution in [2.75, 3.05) is 11.1 Å². The third-order valence-corrected chi connectivity index (χ3v) is 5.48. The van der Waals surface area contributed by atoms with Crippen LogP contribution in [0.15, 0.2) is 44.9 Å². The number of fused-ring (bicyclic) bond motifs is 1. The van der Waals surface area contributed by atoms with Gasteiger partial charge in [-0.3, -0.25) is 14.2 Å². The molecule has 1 aromatic heterocycles. The molecule has 2 aromatic rings. The molecule has 5 nitrogen and oxygen atoms in total. The van der Waals surface area contributed by atoms with Crippen LogP contribution in [0.3, 0.4) is 0 Å². The van der Waals surface area contributed by atoms with Gasteiger partial charge >= 0.3 is 0 Å². The number of carbonyl (C=O) groups is 1. The number of nitrogens with zero attached hydrogens (tertiary/aromatic N) is 2. The van der Waals surface area contributed by atoms with Gasteiger partial charge in [0.2, 0.25) is 5.91 Å². The minimum absolute atomic E-state index is 0.101. The maximum atomic E-state index is 12.2. The number of aryl methyl sites for hydroxylation is 1. The van der Waals surface area contributed by atoms with Gasteiger partial charge in [-0.1, -0.05) is 27.7 Å². The van der Waals surface area contributed by atoms with Crippen LogP contribution in [0.1, 0.15) is 18.0 Å². The zero-order chi connectivity index (χ0) is 15.7. The Morgan fingerprint density at radius 1 is 1.50 bits per heavy atom. The first kappa shape index (κ1) is 15.3. The molecule has 0 spiro atoms. The average molecular weight is 380 g/mol. The highest BCUT2D eigenvalue weighted by Gasteiger charge is 2.26. The highest BCUT2D eigenvalue weighted by Crippen LogP contribution is 2.31. The molecule has 7 heteroatoms. The number of amides is 1. The Balaban J connectivity index is 1.71. The molecule has 0 aliphatic carbocycles. The van der Waals surface area contributed by atoms with Gasteiger partial charge in [-0.05, 0) is 30.7 Å². The fraction of sp³-hybridized carbons (Fsp3) is 0.267. The second-order valence-corrected chi connectivity index (χ2v) is 6.96. The van der Waals surface area contributed by atoms with E-state index in [9.17, 15) is 9.59 Å². The Morgan fingerprint density at radius 2 is 2.32 bits per heavy atom. The molecule has 0 bridgehead atoms. The summed E-state index contributed by atoms with van der Waals surface area (Å²) < 4.78 is 2.61. The molecule has 0 radical (unpaired) electrons. The van der Waals surface area contributed by atoms with Crippen molar-refractivity contribution in [2.45, 2.75) is 24.5 Å². The summed E-state index contributed by atoms with van der Waals surface area (Å²) in [4.78, 5) is 28.3. The van der Waals surface area contributed by atoms with Crippen LogP contribution in [0.25, 0.3) is 0 Å². The summed E-state index contributed by atoms with van der Waals surface area (Å²) >= 11 is 4.94. The zero-order valence-electron chi connectivity index (χ0n) is 11.9. The van der Waals surface area contributed by atoms with Gasteiger partial charge in [0.15, 0.2) is 5.16 Å². The number of thioether (sulfide) groups is 1. The molecule has 3 rings (SSSR count). The molecule has 1 aliphatic rings. The van der Waals surface area contributed by atoms with Crippen molar-refractivity contribution in [3.63, 3.8) is 0 Å². The molecule has 1 atom stereocenters. The number of carbonyl (C=O) groups excluding carboxylic acids is 1. The number of hydrogen-bond acceptors (Lipinski definition) is 4. The lowest BCUT2D eigenvalue weighted by Gasteiger charge is -2.13. The first-order chi connectivity index (χ1) is 10.5. The molecular weight excluding hydrogens is 366 g/mol. The van der Waals surface area contributed by atoms with Crippen molar-refractivity contribution in [2.24, 2.45) is 0 Å². The van der Waals surface area contributed by atoms with Crippen molar-refractivity contribution < 1.29 is 4.79 Å². The van der Waals surface area contributed by atoms with E-state index < -0.39 is 0 Å². The van der Waals surface area contributed by atoms with E-state index in [4.69, 9.17) is 0 Å². The van der Waals surface area contributed by atoms with Crippen LogP contribution in [-0.4, -0.2) is 21.2 Å². The normalized spacial score (nSPS) is 16.4. The summed E-state index contributed by atoms with van der Waals surface area (Å²) in [5, 5.41) is 3.57. The van der Waals surface area contributed by atoms with Gasteiger partial charge < -0.3 is 5.32 Å². The second kappa shape index (κ2) is 6.26. The lowest BCUT2D eigenvalue weighted by atomic mass is 10.2. The van der Waals surface area contributed by atoms with Gasteiger partial charge in [-0.15, -0.1) is 0 Å². The molecule has 2 heterocycles. The van der Waals surface area contributed by atoms with E-state index in [2.05, 4.69) is 26.2 Å². The van der Waals surface area contributed by atoms with E-state index in [1.165, 1.54) is 24.0 Å². The number of benzene rings is 1. The predicted molar refractivity (Wildman–Crippen MR) is 90.4 cm³/mol. The predicted octanol–water partition coefficient (Wildman–Crippen LogP) is 2.99. The van der Waals surface area contributed by atoms with Crippen LogP contribution in [0.2, 0.25) is 0 Å². The average Bonchev–Trinajstić information content (AvgIpc) is 2.87. The van der Waals surface area contributed by atoms with Crippen LogP contribution in [0, 0.1) is 6.92 Å². The Labute approximate surface area is 140 Å². The lowest BCUT2D eigenvalue weighted by Crippen LogP contribution is -2.26. The van der Waals surface area contributed by atoms with Gasteiger partial charge in [-0.2, -0.15) is 0 Å². The summed E-state index contributed by atoms with van der Waals surface area (Å²) in [5.41, 5.74) is 1.71. The van der Waals surface area contributed by atoms with Gasteiger partial charge in [0.25, 0.3) is 5.56 Å². The highest BCUT2D eigenvalue weighted by atomic mass is 79.9. The topological polar surface area (TPSA) is 64.0 Å². The molecule has 1 amide bonds. The van der Waals surface area contributed by atoms with Crippen molar-refractivity contribution >= 4 is 39.3 Å². The Kier molecular flexibility index (Phi) is 4.35. The Hall–Kier alpha value is -1.60. The third-order valence-electron chi connectivity index (χ3n) is 3.48. The Bertz CT molecular complexity index is 791. The maximum absolute atomic E-state index is 12.2. The summed E-state index contributed by atoms with van der Waals surface area (Å²) in [6.07, 6.45) is 1.77. The number of rotatable bonds is 3. The number of aromatic nitrogens is 2. The summed E-state index contributed by atoms with van der Waals surface area (Å²) in [6, 6.07) is 6.95. The van der Waals surface area contributed by atoms with Crippen LogP contribution in [-0.2, 0) is 4.79 Å². The van der Waals surface area contributed by atoms with E-state index in [1.54, 1.807) is 4.57 Å². The minimum Gasteiger partial charge on any atom is -0.326 e. The highest BCUT2D eigenvalue weighted by molar-refractivity contribution is 9.10. The van der Waals surface area contributed by atoms with E-state index in [0.717, 1.165) is 15.7 Å². The smallest absolute Gasteiger partial charge is 0.254 e. The number of hydrogen-bond donors (Lipinski definition) is 1. The largest absolute Gasteiger partial charge is 0.326 e. The van der Waals surface area contributed by atoms with Crippen molar-refractivity contribution in [1.82, 2.24) is 9.55 Å². The number of anilines is 1. The molecule has 1 aliphatic heterocycles. The number of halogens is 1. The van der Waals surface area contributed by atoms with E-state index >= 15 is 0 Å². The molecule has 1 N–H and O–H groups in total. The van der Waals surface area contributed by atoms with E-state index in [-0.39, 0.29) is 23.9 Å². The fourth-order valence-electron chi connectivity index (χ4n) is 2.39. The third kappa shape index (κ3) is 3.10. The first-order valence-electron chi connectivity index (χ1n) is 6.81. The molecular formula is C15H14BrN3O2S. The molecule has 1 aromatic carbocycles. The monoisotopic (exact) mass is 379 g/mol. The van der Waals surface area contributed by atoms with Crippen molar-refractivity contribution in [3.05, 3.63) is 50.9 Å². The first-order valence-corrected chi connectivity index (χ1v) is 8.59. The van der Waals surface area contributed by atoms with Gasteiger partial charge in [0.05, 0.1) is 6.04 Å². The molecule has 0 saturated carbocycles. The minimum atomic E-state index is -0.141. The Morgan fingerprint density at radius 3 is 3.09 bits per heavy atom. The van der Waals surface area contributed by atoms with Crippen LogP contribution >= 0.6 is 27.7 Å². The van der Waals surface area contributed by atoms with Gasteiger partial charge in [-0.25, -0.2) is 4.98 Å². The van der Waals surface area contributed by atoms with Gasteiger partial charge in [0, 0.05) is 34.6 Å². The zero-order valence-corrected chi connectivity index (χ0v) is 14.3. The second-order valence-electron chi connectivity index (χ2n) is 5.12. The molecule has 0 fully saturated rings. The number of nitrogens with one attached hydrogen (secondary N) is 1. The van der Waals surface area contributed by atoms with Crippen LogP contribution in [0.5, 0.6) is 0 Å². The fourth-order valence-corrected chi connectivity index (χ4v) is 3.76. The molecule has 22 heavy (non-hydrogen) atoms. The molecule has 0 saturated heterocycles. The van der Waals surface area contributed by atoms with Gasteiger partial charge in [0.1, 0.15) is 0 Å². The van der Waals surface area contributed by atoms with Crippen LogP contribution < -0.4 is 10.9 Å². The summed E-state index contributed by atoms with van der Waals surface area (Å²) in [6.45, 7) is 1.97.